The molecule has 0 aliphatic carbocycles. The van der Waals surface area contributed by atoms with E-state index in [0.29, 0.717) is 18.5 Å². The summed E-state index contributed by atoms with van der Waals surface area (Å²) in [5.41, 5.74) is 0.990. The summed E-state index contributed by atoms with van der Waals surface area (Å²) in [7, 11) is 4.13. The monoisotopic (exact) mass is 278 g/mol. The molecule has 2 atom stereocenters. The van der Waals surface area contributed by atoms with Crippen LogP contribution in [0, 0.1) is 6.92 Å². The molecule has 2 rings (SSSR count). The van der Waals surface area contributed by atoms with Gasteiger partial charge < -0.3 is 14.9 Å². The zero-order chi connectivity index (χ0) is 14.9. The predicted octanol–water partition coefficient (Wildman–Crippen LogP) is 1.41. The van der Waals surface area contributed by atoms with Crippen LogP contribution in [0.4, 0.5) is 5.82 Å². The number of aryl methyl sites for hydroxylation is 1. The summed E-state index contributed by atoms with van der Waals surface area (Å²) in [5.74, 6) is 2.14. The first kappa shape index (κ1) is 15.2. The van der Waals surface area contributed by atoms with Crippen molar-refractivity contribution in [2.24, 2.45) is 0 Å². The van der Waals surface area contributed by atoms with Crippen molar-refractivity contribution in [1.29, 1.82) is 0 Å². The van der Waals surface area contributed by atoms with E-state index in [4.69, 9.17) is 4.98 Å². The first-order valence-electron chi connectivity index (χ1n) is 7.32. The molecule has 0 aromatic carbocycles. The van der Waals surface area contributed by atoms with Crippen LogP contribution >= 0.6 is 0 Å². The summed E-state index contributed by atoms with van der Waals surface area (Å²) in [6, 6.07) is 2.33. The third-order valence-corrected chi connectivity index (χ3v) is 3.64. The molecule has 2 unspecified atom stereocenters. The number of aliphatic hydroxyl groups is 1. The zero-order valence-corrected chi connectivity index (χ0v) is 13.2. The summed E-state index contributed by atoms with van der Waals surface area (Å²) in [4.78, 5) is 13.6. The van der Waals surface area contributed by atoms with Crippen molar-refractivity contribution >= 4 is 5.82 Å². The van der Waals surface area contributed by atoms with E-state index < -0.39 is 0 Å². The van der Waals surface area contributed by atoms with Crippen LogP contribution in [0.2, 0.25) is 0 Å². The Morgan fingerprint density at radius 3 is 2.70 bits per heavy atom. The topological polar surface area (TPSA) is 52.5 Å². The highest BCUT2D eigenvalue weighted by molar-refractivity contribution is 5.43. The van der Waals surface area contributed by atoms with Crippen molar-refractivity contribution in [3.8, 4) is 0 Å². The van der Waals surface area contributed by atoms with Gasteiger partial charge in [0.1, 0.15) is 11.6 Å². The van der Waals surface area contributed by atoms with Gasteiger partial charge in [0.2, 0.25) is 0 Å². The molecule has 0 spiro atoms. The molecule has 1 saturated heterocycles. The maximum Gasteiger partial charge on any atom is 0.133 e. The molecule has 112 valence electrons. The highest BCUT2D eigenvalue weighted by Gasteiger charge is 2.32. The molecule has 1 aromatic heterocycles. The number of aromatic nitrogens is 2. The number of β-amino-alcohol motifs (C(OH)–C–C–N with tert-alkyl or cyclic N) is 1. The second-order valence-corrected chi connectivity index (χ2v) is 6.34. The van der Waals surface area contributed by atoms with E-state index in [-0.39, 0.29) is 6.10 Å². The molecule has 1 aliphatic rings. The van der Waals surface area contributed by atoms with Gasteiger partial charge in [-0.3, -0.25) is 0 Å². The summed E-state index contributed by atoms with van der Waals surface area (Å²) < 4.78 is 0. The van der Waals surface area contributed by atoms with E-state index in [2.05, 4.69) is 42.7 Å². The van der Waals surface area contributed by atoms with Gasteiger partial charge in [0, 0.05) is 36.8 Å². The molecule has 5 nitrogen and oxygen atoms in total. The molecular formula is C15H26N4O. The Morgan fingerprint density at radius 1 is 1.40 bits per heavy atom. The van der Waals surface area contributed by atoms with Crippen LogP contribution in [-0.2, 0) is 0 Å². The molecule has 1 aromatic rings. The van der Waals surface area contributed by atoms with Gasteiger partial charge in [-0.1, -0.05) is 13.8 Å². The first-order chi connectivity index (χ1) is 9.36. The molecule has 5 heteroatoms. The van der Waals surface area contributed by atoms with Crippen LogP contribution in [0.3, 0.4) is 0 Å². The van der Waals surface area contributed by atoms with Crippen LogP contribution in [0.5, 0.6) is 0 Å². The Morgan fingerprint density at radius 2 is 2.10 bits per heavy atom. The SMILES string of the molecule is Cc1cc(N2CC(O)CC2CN(C)C)nc(C(C)C)n1. The maximum atomic E-state index is 9.99. The van der Waals surface area contributed by atoms with E-state index in [9.17, 15) is 5.11 Å². The van der Waals surface area contributed by atoms with Gasteiger partial charge in [-0.25, -0.2) is 9.97 Å². The lowest BCUT2D eigenvalue weighted by Gasteiger charge is -2.28. The lowest BCUT2D eigenvalue weighted by Crippen LogP contribution is -2.38. The largest absolute Gasteiger partial charge is 0.391 e. The Labute approximate surface area is 121 Å². The van der Waals surface area contributed by atoms with E-state index in [0.717, 1.165) is 30.3 Å². The molecule has 1 aliphatic heterocycles. The average molecular weight is 278 g/mol. The molecular weight excluding hydrogens is 252 g/mol. The average Bonchev–Trinajstić information content (AvgIpc) is 2.68. The molecule has 20 heavy (non-hydrogen) atoms. The number of nitrogens with zero attached hydrogens (tertiary/aromatic N) is 4. The van der Waals surface area contributed by atoms with Crippen molar-refractivity contribution < 1.29 is 5.11 Å². The fraction of sp³-hybridized carbons (Fsp3) is 0.733. The van der Waals surface area contributed by atoms with Crippen LogP contribution in [0.25, 0.3) is 0 Å². The number of likely N-dealkylation sites (N-methyl/N-ethyl adjacent to an activating group) is 1. The minimum Gasteiger partial charge on any atom is -0.391 e. The van der Waals surface area contributed by atoms with Gasteiger partial charge in [0.15, 0.2) is 0 Å². The molecule has 1 N–H and O–H groups in total. The third-order valence-electron chi connectivity index (χ3n) is 3.64. The molecule has 0 bridgehead atoms. The molecule has 0 saturated carbocycles. The molecule has 0 radical (unpaired) electrons. The van der Waals surface area contributed by atoms with Crippen LogP contribution in [0.1, 0.15) is 37.7 Å². The Bertz CT molecular complexity index is 461. The number of rotatable bonds is 4. The second kappa shape index (κ2) is 6.06. The summed E-state index contributed by atoms with van der Waals surface area (Å²) in [6.07, 6.45) is 0.538. The smallest absolute Gasteiger partial charge is 0.133 e. The Hall–Kier alpha value is -1.20. The van der Waals surface area contributed by atoms with Gasteiger partial charge in [0.25, 0.3) is 0 Å². The minimum absolute atomic E-state index is 0.266. The fourth-order valence-corrected chi connectivity index (χ4v) is 2.75. The number of hydrogen-bond donors (Lipinski definition) is 1. The standard InChI is InChI=1S/C15H26N4O/c1-10(2)15-16-11(3)6-14(17-15)19-9-13(20)7-12(19)8-18(4)5/h6,10,12-13,20H,7-9H2,1-5H3. The minimum atomic E-state index is -0.266. The number of aliphatic hydroxyl groups excluding tert-OH is 1. The molecule has 0 amide bonds. The van der Waals surface area contributed by atoms with Crippen LogP contribution < -0.4 is 4.90 Å². The lowest BCUT2D eigenvalue weighted by atomic mass is 10.2. The van der Waals surface area contributed by atoms with Crippen LogP contribution in [0.15, 0.2) is 6.07 Å². The second-order valence-electron chi connectivity index (χ2n) is 6.34. The summed E-state index contributed by atoms with van der Waals surface area (Å²) >= 11 is 0. The van der Waals surface area contributed by atoms with Crippen molar-refractivity contribution in [2.45, 2.75) is 45.3 Å². The van der Waals surface area contributed by atoms with Crippen molar-refractivity contribution in [1.82, 2.24) is 14.9 Å². The van der Waals surface area contributed by atoms with Crippen molar-refractivity contribution in [3.05, 3.63) is 17.6 Å². The van der Waals surface area contributed by atoms with Gasteiger partial charge in [-0.15, -0.1) is 0 Å². The molecule has 2 heterocycles. The highest BCUT2D eigenvalue weighted by atomic mass is 16.3. The van der Waals surface area contributed by atoms with E-state index in [1.54, 1.807) is 0 Å². The van der Waals surface area contributed by atoms with Crippen LogP contribution in [-0.4, -0.2) is 59.3 Å². The summed E-state index contributed by atoms with van der Waals surface area (Å²) in [6.45, 7) is 7.80. The fourth-order valence-electron chi connectivity index (χ4n) is 2.75. The van der Waals surface area contributed by atoms with E-state index in [1.165, 1.54) is 0 Å². The van der Waals surface area contributed by atoms with Gasteiger partial charge in [-0.05, 0) is 27.4 Å². The van der Waals surface area contributed by atoms with Gasteiger partial charge >= 0.3 is 0 Å². The quantitative estimate of drug-likeness (QED) is 0.902. The normalized spacial score (nSPS) is 23.1. The number of hydrogen-bond acceptors (Lipinski definition) is 5. The van der Waals surface area contributed by atoms with Gasteiger partial charge in [0.05, 0.1) is 6.10 Å². The van der Waals surface area contributed by atoms with E-state index >= 15 is 0 Å². The Balaban J connectivity index is 2.28. The highest BCUT2D eigenvalue weighted by Crippen LogP contribution is 2.26. The van der Waals surface area contributed by atoms with Gasteiger partial charge in [-0.2, -0.15) is 0 Å². The zero-order valence-electron chi connectivity index (χ0n) is 13.2. The number of anilines is 1. The third kappa shape index (κ3) is 3.46. The Kier molecular flexibility index (Phi) is 4.60. The van der Waals surface area contributed by atoms with E-state index in [1.807, 2.05) is 13.0 Å². The first-order valence-corrected chi connectivity index (χ1v) is 7.32. The maximum absolute atomic E-state index is 9.99. The summed E-state index contributed by atoms with van der Waals surface area (Å²) in [5, 5.41) is 9.99. The predicted molar refractivity (Wildman–Crippen MR) is 81.2 cm³/mol. The lowest BCUT2D eigenvalue weighted by molar-refractivity contribution is 0.191. The van der Waals surface area contributed by atoms with Crippen molar-refractivity contribution in [3.63, 3.8) is 0 Å². The van der Waals surface area contributed by atoms with Crippen molar-refractivity contribution in [2.75, 3.05) is 32.1 Å². The molecule has 1 fully saturated rings.